The quantitative estimate of drug-likeness (QED) is 0.847. The van der Waals surface area contributed by atoms with Gasteiger partial charge in [0.2, 0.25) is 0 Å². The maximum Gasteiger partial charge on any atom is 0.392 e. The van der Waals surface area contributed by atoms with Crippen LogP contribution in [0.5, 0.6) is 0 Å². The minimum absolute atomic E-state index is 0.269. The van der Waals surface area contributed by atoms with Gasteiger partial charge in [-0.25, -0.2) is 9.97 Å². The monoisotopic (exact) mass is 313 g/mol. The predicted molar refractivity (Wildman–Crippen MR) is 75.6 cm³/mol. The average Bonchev–Trinajstić information content (AvgIpc) is 3.01. The molecular formula is C14H14F3N3S. The summed E-state index contributed by atoms with van der Waals surface area (Å²) in [6.45, 7) is 3.00. The molecule has 7 heteroatoms. The van der Waals surface area contributed by atoms with Gasteiger partial charge in [-0.3, -0.25) is 0 Å². The Bertz CT molecular complexity index is 703. The van der Waals surface area contributed by atoms with E-state index in [0.29, 0.717) is 13.1 Å². The first-order valence-corrected chi connectivity index (χ1v) is 7.80. The van der Waals surface area contributed by atoms with E-state index in [-0.39, 0.29) is 6.42 Å². The van der Waals surface area contributed by atoms with Gasteiger partial charge < -0.3 is 4.90 Å². The molecule has 2 aromatic rings. The number of anilines is 1. The second kappa shape index (κ2) is 4.09. The average molecular weight is 313 g/mol. The lowest BCUT2D eigenvalue weighted by molar-refractivity contribution is -0.157. The van der Waals surface area contributed by atoms with E-state index < -0.39 is 17.5 Å². The zero-order chi connectivity index (χ0) is 14.8. The Hall–Kier alpha value is -1.37. The highest BCUT2D eigenvalue weighted by molar-refractivity contribution is 7.18. The zero-order valence-corrected chi connectivity index (χ0v) is 12.3. The van der Waals surface area contributed by atoms with Crippen molar-refractivity contribution in [3.63, 3.8) is 0 Å². The number of fused-ring (bicyclic) bond motifs is 1. The van der Waals surface area contributed by atoms with Crippen molar-refractivity contribution in [1.29, 1.82) is 0 Å². The number of thiophene rings is 1. The Morgan fingerprint density at radius 1 is 1.38 bits per heavy atom. The molecule has 0 aromatic carbocycles. The molecule has 1 saturated heterocycles. The molecule has 1 atom stereocenters. The van der Waals surface area contributed by atoms with Gasteiger partial charge in [0.25, 0.3) is 0 Å². The third-order valence-electron chi connectivity index (χ3n) is 4.60. The van der Waals surface area contributed by atoms with Crippen molar-refractivity contribution in [2.24, 2.45) is 11.3 Å². The molecule has 1 spiro atoms. The molecule has 3 nitrogen and oxygen atoms in total. The fraction of sp³-hybridized carbons (Fsp3) is 0.571. The van der Waals surface area contributed by atoms with E-state index >= 15 is 0 Å². The van der Waals surface area contributed by atoms with E-state index in [4.69, 9.17) is 0 Å². The Morgan fingerprint density at radius 2 is 2.14 bits per heavy atom. The summed E-state index contributed by atoms with van der Waals surface area (Å²) in [5.41, 5.74) is -0.543. The van der Waals surface area contributed by atoms with Crippen LogP contribution in [0.4, 0.5) is 19.0 Å². The smallest absolute Gasteiger partial charge is 0.355 e. The number of hydrogen-bond acceptors (Lipinski definition) is 4. The maximum absolute atomic E-state index is 12.7. The first-order chi connectivity index (χ1) is 9.93. The molecule has 2 aromatic heterocycles. The number of hydrogen-bond donors (Lipinski definition) is 0. The van der Waals surface area contributed by atoms with Crippen LogP contribution in [0.1, 0.15) is 18.2 Å². The number of aromatic nitrogens is 2. The van der Waals surface area contributed by atoms with Crippen LogP contribution in [0.3, 0.4) is 0 Å². The van der Waals surface area contributed by atoms with Gasteiger partial charge in [0.1, 0.15) is 17.0 Å². The van der Waals surface area contributed by atoms with Gasteiger partial charge in [-0.2, -0.15) is 13.2 Å². The molecule has 4 rings (SSSR count). The van der Waals surface area contributed by atoms with Crippen LogP contribution in [-0.2, 0) is 6.42 Å². The first-order valence-electron chi connectivity index (χ1n) is 6.98. The predicted octanol–water partition coefficient (Wildman–Crippen LogP) is 3.64. The number of aryl methyl sites for hydroxylation is 1. The Balaban J connectivity index is 1.59. The molecule has 1 unspecified atom stereocenters. The minimum atomic E-state index is -4.05. The van der Waals surface area contributed by atoms with E-state index in [1.165, 1.54) is 11.2 Å². The molecule has 0 N–H and O–H groups in total. The molecule has 0 bridgehead atoms. The summed E-state index contributed by atoms with van der Waals surface area (Å²) in [4.78, 5) is 12.7. The van der Waals surface area contributed by atoms with Gasteiger partial charge in [0.15, 0.2) is 0 Å². The lowest BCUT2D eigenvalue weighted by Crippen LogP contribution is -2.51. The molecule has 2 aliphatic rings. The fourth-order valence-corrected chi connectivity index (χ4v) is 4.27. The van der Waals surface area contributed by atoms with Gasteiger partial charge in [-0.15, -0.1) is 11.3 Å². The van der Waals surface area contributed by atoms with Crippen LogP contribution in [0.2, 0.25) is 0 Å². The van der Waals surface area contributed by atoms with Gasteiger partial charge in [0, 0.05) is 23.4 Å². The van der Waals surface area contributed by atoms with Crippen LogP contribution in [-0.4, -0.2) is 29.2 Å². The molecule has 0 radical (unpaired) electrons. The highest BCUT2D eigenvalue weighted by atomic mass is 32.1. The molecule has 0 amide bonds. The van der Waals surface area contributed by atoms with Gasteiger partial charge in [-0.05, 0) is 18.9 Å². The Morgan fingerprint density at radius 3 is 2.76 bits per heavy atom. The number of rotatable bonds is 2. The Labute approximate surface area is 123 Å². The van der Waals surface area contributed by atoms with Crippen LogP contribution < -0.4 is 4.90 Å². The molecule has 2 fully saturated rings. The normalized spacial score (nSPS) is 23.6. The van der Waals surface area contributed by atoms with Crippen LogP contribution in [0.15, 0.2) is 12.4 Å². The van der Waals surface area contributed by atoms with E-state index in [2.05, 4.69) is 23.0 Å². The first kappa shape index (κ1) is 13.3. The number of alkyl halides is 3. The molecule has 1 aliphatic carbocycles. The summed E-state index contributed by atoms with van der Waals surface area (Å²) in [6, 6.07) is 2.06. The summed E-state index contributed by atoms with van der Waals surface area (Å²) >= 11 is 1.63. The van der Waals surface area contributed by atoms with E-state index in [0.717, 1.165) is 22.5 Å². The van der Waals surface area contributed by atoms with Crippen LogP contribution >= 0.6 is 11.3 Å². The van der Waals surface area contributed by atoms with Crippen molar-refractivity contribution in [3.8, 4) is 0 Å². The standard InChI is InChI=1S/C14H14F3N3S/c1-2-8-3-9-11(18-7-19-12(9)21-8)20-5-13(6-20)4-10(13)14(15,16)17/h3,7,10H,2,4-6H2,1H3. The molecule has 112 valence electrons. The molecule has 1 aliphatic heterocycles. The van der Waals surface area contributed by atoms with E-state index in [1.54, 1.807) is 11.3 Å². The highest BCUT2D eigenvalue weighted by Gasteiger charge is 2.71. The molecule has 1 saturated carbocycles. The van der Waals surface area contributed by atoms with Crippen molar-refractivity contribution >= 4 is 27.4 Å². The summed E-state index contributed by atoms with van der Waals surface area (Å²) in [5, 5.41) is 0.971. The minimum Gasteiger partial charge on any atom is -0.355 e. The van der Waals surface area contributed by atoms with Gasteiger partial charge in [0.05, 0.1) is 11.3 Å². The van der Waals surface area contributed by atoms with Crippen molar-refractivity contribution in [2.75, 3.05) is 18.0 Å². The lowest BCUT2D eigenvalue weighted by atomic mass is 9.93. The summed E-state index contributed by atoms with van der Waals surface area (Å²) in [6.07, 6.45) is -1.34. The van der Waals surface area contributed by atoms with Crippen molar-refractivity contribution in [2.45, 2.75) is 25.9 Å². The van der Waals surface area contributed by atoms with Gasteiger partial charge in [-0.1, -0.05) is 6.92 Å². The molecule has 21 heavy (non-hydrogen) atoms. The SMILES string of the molecule is CCc1cc2c(N3CC4(CC4C(F)(F)F)C3)ncnc2s1. The zero-order valence-electron chi connectivity index (χ0n) is 11.4. The lowest BCUT2D eigenvalue weighted by Gasteiger charge is -2.42. The molecule has 3 heterocycles. The number of halogens is 3. The molecular weight excluding hydrogens is 299 g/mol. The summed E-state index contributed by atoms with van der Waals surface area (Å²) < 4.78 is 38.2. The second-order valence-corrected chi connectivity index (χ2v) is 7.11. The fourth-order valence-electron chi connectivity index (χ4n) is 3.34. The van der Waals surface area contributed by atoms with Crippen molar-refractivity contribution in [3.05, 3.63) is 17.3 Å². The highest BCUT2D eigenvalue weighted by Crippen LogP contribution is 2.65. The second-order valence-electron chi connectivity index (χ2n) is 6.00. The van der Waals surface area contributed by atoms with Crippen molar-refractivity contribution < 1.29 is 13.2 Å². The summed E-state index contributed by atoms with van der Waals surface area (Å²) in [5.74, 6) is -0.332. The topological polar surface area (TPSA) is 29.0 Å². The summed E-state index contributed by atoms with van der Waals surface area (Å²) in [7, 11) is 0. The third-order valence-corrected chi connectivity index (χ3v) is 5.79. The van der Waals surface area contributed by atoms with Gasteiger partial charge >= 0.3 is 6.18 Å². The van der Waals surface area contributed by atoms with E-state index in [9.17, 15) is 13.2 Å². The Kier molecular flexibility index (Phi) is 2.59. The van der Waals surface area contributed by atoms with Crippen LogP contribution in [0, 0.1) is 11.3 Å². The van der Waals surface area contributed by atoms with E-state index in [1.807, 2.05) is 4.90 Å². The largest absolute Gasteiger partial charge is 0.392 e. The third kappa shape index (κ3) is 1.93. The van der Waals surface area contributed by atoms with Crippen LogP contribution in [0.25, 0.3) is 10.2 Å². The van der Waals surface area contributed by atoms with Crippen molar-refractivity contribution in [1.82, 2.24) is 9.97 Å². The maximum atomic E-state index is 12.7. The number of nitrogens with zero attached hydrogens (tertiary/aromatic N) is 3.